The molecule has 0 amide bonds. The fourth-order valence-corrected chi connectivity index (χ4v) is 4.13. The number of hydrogen-bond donors (Lipinski definition) is 2. The average molecular weight is 385 g/mol. The lowest BCUT2D eigenvalue weighted by Crippen LogP contribution is -2.13. The Morgan fingerprint density at radius 3 is 2.81 bits per heavy atom. The van der Waals surface area contributed by atoms with Gasteiger partial charge in [0.25, 0.3) is 10.0 Å². The smallest absolute Gasteiger partial charge is 0.264 e. The van der Waals surface area contributed by atoms with E-state index in [1.54, 1.807) is 30.3 Å². The van der Waals surface area contributed by atoms with Crippen LogP contribution in [-0.2, 0) is 21.4 Å². The van der Waals surface area contributed by atoms with Crippen molar-refractivity contribution in [3.05, 3.63) is 40.9 Å². The van der Waals surface area contributed by atoms with E-state index in [1.165, 1.54) is 6.07 Å². The van der Waals surface area contributed by atoms with E-state index in [-0.39, 0.29) is 4.90 Å². The second kappa shape index (κ2) is 5.24. The summed E-state index contributed by atoms with van der Waals surface area (Å²) in [6, 6.07) is 9.74. The summed E-state index contributed by atoms with van der Waals surface area (Å²) in [5, 5.41) is 0. The first-order valence-electron chi connectivity index (χ1n) is 5.76. The van der Waals surface area contributed by atoms with Crippen molar-refractivity contribution >= 4 is 60.1 Å². The molecule has 0 saturated heterocycles. The van der Waals surface area contributed by atoms with Crippen LogP contribution in [0.2, 0.25) is 0 Å². The number of sulfonamides is 1. The molecule has 21 heavy (non-hydrogen) atoms. The van der Waals surface area contributed by atoms with Crippen LogP contribution in [0.25, 0.3) is 0 Å². The minimum Gasteiger partial charge on any atom is -0.399 e. The summed E-state index contributed by atoms with van der Waals surface area (Å²) in [5.74, 6) is 0. The Morgan fingerprint density at radius 2 is 2.00 bits per heavy atom. The second-order valence-corrected chi connectivity index (χ2v) is 7.27. The predicted octanol–water partition coefficient (Wildman–Crippen LogP) is 3.56. The largest absolute Gasteiger partial charge is 0.399 e. The Morgan fingerprint density at radius 1 is 1.19 bits per heavy atom. The van der Waals surface area contributed by atoms with Crippen LogP contribution in [0.4, 0.5) is 22.7 Å². The number of halogens is 1. The molecule has 2 aromatic rings. The van der Waals surface area contributed by atoms with Gasteiger partial charge < -0.3 is 5.73 Å². The van der Waals surface area contributed by atoms with E-state index in [0.717, 1.165) is 11.4 Å². The van der Waals surface area contributed by atoms with Gasteiger partial charge in [0.05, 0.1) is 17.0 Å². The summed E-state index contributed by atoms with van der Waals surface area (Å²) in [7, 11) is -3.78. The van der Waals surface area contributed by atoms with Crippen LogP contribution in [0.5, 0.6) is 0 Å². The van der Waals surface area contributed by atoms with Gasteiger partial charge in [-0.1, -0.05) is 6.07 Å². The highest BCUT2D eigenvalue weighted by molar-refractivity contribution is 9.10. The zero-order chi connectivity index (χ0) is 15.0. The molecule has 3 rings (SSSR count). The van der Waals surface area contributed by atoms with Gasteiger partial charge in [0.15, 0.2) is 0 Å². The number of benzene rings is 2. The van der Waals surface area contributed by atoms with E-state index in [1.807, 2.05) is 0 Å². The molecule has 0 spiro atoms. The first-order valence-corrected chi connectivity index (χ1v) is 8.77. The number of fused-ring (bicyclic) bond motifs is 1. The molecule has 0 fully saturated rings. The molecule has 108 valence electrons. The van der Waals surface area contributed by atoms with Gasteiger partial charge in [-0.3, -0.25) is 4.72 Å². The molecule has 0 aromatic heterocycles. The SMILES string of the molecule is Nc1ccc(Br)c(NS(=O)(=O)c2cccc3c2N=S=N3)c1. The molecular formula is C12H9BrN4O2S2. The summed E-state index contributed by atoms with van der Waals surface area (Å²) in [5.41, 5.74) is 7.42. The molecule has 0 radical (unpaired) electrons. The van der Waals surface area contributed by atoms with Crippen molar-refractivity contribution in [2.45, 2.75) is 4.90 Å². The van der Waals surface area contributed by atoms with E-state index in [2.05, 4.69) is 29.4 Å². The fraction of sp³-hybridized carbons (Fsp3) is 0. The van der Waals surface area contributed by atoms with E-state index in [4.69, 9.17) is 5.73 Å². The molecule has 2 aromatic carbocycles. The average Bonchev–Trinajstić information content (AvgIpc) is 2.90. The van der Waals surface area contributed by atoms with Gasteiger partial charge in [0.1, 0.15) is 16.3 Å². The van der Waals surface area contributed by atoms with Crippen LogP contribution in [0, 0.1) is 0 Å². The van der Waals surface area contributed by atoms with Gasteiger partial charge in [-0.15, -0.1) is 0 Å². The van der Waals surface area contributed by atoms with Gasteiger partial charge in [0, 0.05) is 10.2 Å². The van der Waals surface area contributed by atoms with Crippen LogP contribution in [0.15, 0.2) is 54.5 Å². The molecule has 1 aliphatic rings. The van der Waals surface area contributed by atoms with E-state index in [0.29, 0.717) is 27.2 Å². The van der Waals surface area contributed by atoms with Crippen molar-refractivity contribution in [3.63, 3.8) is 0 Å². The third-order valence-corrected chi connectivity index (χ3v) is 5.40. The van der Waals surface area contributed by atoms with Gasteiger partial charge in [-0.05, 0) is 46.3 Å². The molecule has 0 saturated carbocycles. The third-order valence-electron chi connectivity index (χ3n) is 2.77. The Hall–Kier alpha value is -1.71. The molecule has 3 N–H and O–H groups in total. The quantitative estimate of drug-likeness (QED) is 0.675. The minimum atomic E-state index is -3.78. The van der Waals surface area contributed by atoms with Gasteiger partial charge >= 0.3 is 0 Å². The Bertz CT molecular complexity index is 905. The Kier molecular flexibility index (Phi) is 3.56. The number of anilines is 2. The Labute approximate surface area is 133 Å². The lowest BCUT2D eigenvalue weighted by Gasteiger charge is -2.11. The number of rotatable bonds is 3. The summed E-state index contributed by atoms with van der Waals surface area (Å²) >= 11 is 4.26. The third kappa shape index (κ3) is 2.71. The van der Waals surface area contributed by atoms with Crippen molar-refractivity contribution in [1.82, 2.24) is 0 Å². The van der Waals surface area contributed by atoms with Crippen LogP contribution in [0.3, 0.4) is 0 Å². The highest BCUT2D eigenvalue weighted by Gasteiger charge is 2.23. The van der Waals surface area contributed by atoms with Crippen molar-refractivity contribution in [3.8, 4) is 0 Å². The van der Waals surface area contributed by atoms with Crippen LogP contribution >= 0.6 is 15.9 Å². The predicted molar refractivity (Wildman–Crippen MR) is 87.3 cm³/mol. The zero-order valence-corrected chi connectivity index (χ0v) is 13.7. The maximum Gasteiger partial charge on any atom is 0.264 e. The van der Waals surface area contributed by atoms with Crippen LogP contribution in [-0.4, -0.2) is 8.42 Å². The molecule has 0 unspecified atom stereocenters. The van der Waals surface area contributed by atoms with Crippen molar-refractivity contribution in [2.75, 3.05) is 10.5 Å². The van der Waals surface area contributed by atoms with Gasteiger partial charge in [-0.2, -0.15) is 8.73 Å². The maximum absolute atomic E-state index is 12.5. The summed E-state index contributed by atoms with van der Waals surface area (Å²) in [6.45, 7) is 0. The number of nitrogens with one attached hydrogen (secondary N) is 1. The van der Waals surface area contributed by atoms with Crippen molar-refractivity contribution < 1.29 is 8.42 Å². The number of hydrogen-bond acceptors (Lipinski definition) is 5. The molecule has 0 bridgehead atoms. The maximum atomic E-state index is 12.5. The molecule has 6 nitrogen and oxygen atoms in total. The highest BCUT2D eigenvalue weighted by atomic mass is 79.9. The topological polar surface area (TPSA) is 96.9 Å². The standard InChI is InChI=1S/C12H9BrN4O2S2/c13-8-5-4-7(14)6-10(8)17-21(18,19)11-3-1-2-9-12(11)16-20-15-9/h1-6,17H,14H2. The fourth-order valence-electron chi connectivity index (χ4n) is 1.82. The molecule has 0 atom stereocenters. The lowest BCUT2D eigenvalue weighted by atomic mass is 10.3. The first kappa shape index (κ1) is 14.2. The molecular weight excluding hydrogens is 376 g/mol. The lowest BCUT2D eigenvalue weighted by molar-refractivity contribution is 0.601. The second-order valence-electron chi connectivity index (χ2n) is 4.23. The molecule has 1 aliphatic heterocycles. The minimum absolute atomic E-state index is 0.0862. The van der Waals surface area contributed by atoms with Crippen LogP contribution in [0.1, 0.15) is 0 Å². The molecule has 1 heterocycles. The summed E-state index contributed by atoms with van der Waals surface area (Å²) in [4.78, 5) is 0.0862. The monoisotopic (exact) mass is 384 g/mol. The van der Waals surface area contributed by atoms with Crippen molar-refractivity contribution in [2.24, 2.45) is 8.73 Å². The van der Waals surface area contributed by atoms with Crippen molar-refractivity contribution in [1.29, 1.82) is 0 Å². The van der Waals surface area contributed by atoms with E-state index in [9.17, 15) is 8.42 Å². The molecule has 9 heteroatoms. The van der Waals surface area contributed by atoms with Gasteiger partial charge in [-0.25, -0.2) is 8.42 Å². The Balaban J connectivity index is 2.05. The summed E-state index contributed by atoms with van der Waals surface area (Å²) < 4.78 is 36.3. The number of nitrogen functional groups attached to an aromatic ring is 1. The van der Waals surface area contributed by atoms with E-state index >= 15 is 0 Å². The van der Waals surface area contributed by atoms with Gasteiger partial charge in [0.2, 0.25) is 0 Å². The van der Waals surface area contributed by atoms with E-state index < -0.39 is 10.0 Å². The normalized spacial score (nSPS) is 12.8. The zero-order valence-electron chi connectivity index (χ0n) is 10.4. The first-order chi connectivity index (χ1) is 9.97. The number of nitrogens with two attached hydrogens (primary N) is 1. The molecule has 0 aliphatic carbocycles. The van der Waals surface area contributed by atoms with Crippen LogP contribution < -0.4 is 10.5 Å². The highest BCUT2D eigenvalue weighted by Crippen LogP contribution is 2.38. The summed E-state index contributed by atoms with van der Waals surface area (Å²) in [6.07, 6.45) is 0. The number of nitrogens with zero attached hydrogens (tertiary/aromatic N) is 2.